The van der Waals surface area contributed by atoms with Crippen molar-refractivity contribution in [3.8, 4) is 11.3 Å². The van der Waals surface area contributed by atoms with Crippen LogP contribution in [0.15, 0.2) is 77.2 Å². The normalized spacial score (nSPS) is 16.7. The maximum Gasteiger partial charge on any atom is 0.190 e. The van der Waals surface area contributed by atoms with Crippen LogP contribution in [-0.4, -0.2) is 25.6 Å². The van der Waals surface area contributed by atoms with Crippen LogP contribution in [0.2, 0.25) is 0 Å². The van der Waals surface area contributed by atoms with E-state index in [0.717, 1.165) is 33.2 Å². The lowest BCUT2D eigenvalue weighted by Gasteiger charge is -2.18. The van der Waals surface area contributed by atoms with Gasteiger partial charge in [-0.05, 0) is 13.0 Å². The predicted molar refractivity (Wildman–Crippen MR) is 103 cm³/mol. The van der Waals surface area contributed by atoms with Crippen LogP contribution >= 0.6 is 11.8 Å². The number of benzene rings is 2. The Labute approximate surface area is 149 Å². The second-order valence-corrected chi connectivity index (χ2v) is 7.42. The van der Waals surface area contributed by atoms with E-state index in [1.165, 1.54) is 5.39 Å². The van der Waals surface area contributed by atoms with Gasteiger partial charge < -0.3 is 4.98 Å². The van der Waals surface area contributed by atoms with Crippen molar-refractivity contribution in [3.05, 3.63) is 72.6 Å². The van der Waals surface area contributed by atoms with E-state index in [-0.39, 0.29) is 5.25 Å². The van der Waals surface area contributed by atoms with Crippen molar-refractivity contribution in [3.63, 3.8) is 0 Å². The number of fused-ring (bicyclic) bond motifs is 2. The summed E-state index contributed by atoms with van der Waals surface area (Å²) in [7, 11) is 0. The molecule has 3 heterocycles. The second-order valence-electron chi connectivity index (χ2n) is 6.11. The summed E-state index contributed by atoms with van der Waals surface area (Å²) in [6, 6.07) is 18.6. The summed E-state index contributed by atoms with van der Waals surface area (Å²) in [4.78, 5) is 8.11. The van der Waals surface area contributed by atoms with Crippen molar-refractivity contribution in [2.45, 2.75) is 17.3 Å². The summed E-state index contributed by atoms with van der Waals surface area (Å²) in [5.41, 5.74) is 5.45. The van der Waals surface area contributed by atoms with Crippen molar-refractivity contribution in [1.29, 1.82) is 0 Å². The van der Waals surface area contributed by atoms with Gasteiger partial charge in [-0.1, -0.05) is 60.3 Å². The van der Waals surface area contributed by atoms with Gasteiger partial charge in [-0.25, -0.2) is 9.66 Å². The lowest BCUT2D eigenvalue weighted by Crippen LogP contribution is -2.20. The molecule has 1 atom stereocenters. The summed E-state index contributed by atoms with van der Waals surface area (Å²) in [6.45, 7) is 2.19. The first-order chi connectivity index (χ1) is 12.3. The summed E-state index contributed by atoms with van der Waals surface area (Å²) < 4.78 is 1.91. The number of para-hydroxylation sites is 1. The molecule has 0 unspecified atom stereocenters. The summed E-state index contributed by atoms with van der Waals surface area (Å²) in [5, 5.41) is 7.29. The van der Waals surface area contributed by atoms with Crippen LogP contribution in [0.5, 0.6) is 0 Å². The Morgan fingerprint density at radius 3 is 2.72 bits per heavy atom. The van der Waals surface area contributed by atoms with Crippen LogP contribution in [0, 0.1) is 0 Å². The van der Waals surface area contributed by atoms with E-state index in [2.05, 4.69) is 48.4 Å². The molecule has 5 heteroatoms. The first kappa shape index (κ1) is 14.5. The Kier molecular flexibility index (Phi) is 3.28. The van der Waals surface area contributed by atoms with Gasteiger partial charge in [0.15, 0.2) is 5.16 Å². The van der Waals surface area contributed by atoms with Crippen molar-refractivity contribution in [2.75, 3.05) is 0 Å². The average molecular weight is 344 g/mol. The van der Waals surface area contributed by atoms with Gasteiger partial charge >= 0.3 is 0 Å². The molecule has 1 aliphatic heterocycles. The first-order valence-electron chi connectivity index (χ1n) is 8.26. The number of aromatic amines is 1. The Balaban J connectivity index is 1.62. The maximum absolute atomic E-state index is 4.90. The molecule has 0 saturated carbocycles. The van der Waals surface area contributed by atoms with Crippen molar-refractivity contribution in [2.24, 2.45) is 5.10 Å². The summed E-state index contributed by atoms with van der Waals surface area (Å²) >= 11 is 1.75. The zero-order valence-electron chi connectivity index (χ0n) is 13.7. The number of imidazole rings is 1. The van der Waals surface area contributed by atoms with Crippen LogP contribution in [0.1, 0.15) is 12.5 Å². The van der Waals surface area contributed by atoms with Gasteiger partial charge in [0.1, 0.15) is 0 Å². The number of hydrogen-bond donors (Lipinski definition) is 1. The molecule has 25 heavy (non-hydrogen) atoms. The molecule has 2 aromatic heterocycles. The standard InChI is InChI=1S/C20H16N4S/c1-13-19(16-11-21-17-10-6-5-9-15(16)17)23-24-12-18(22-20(24)25-13)14-7-3-2-4-8-14/h2-13,21H,1H3/t13-/m1/s1. The Hall–Kier alpha value is -2.79. The molecule has 0 aliphatic carbocycles. The SMILES string of the molecule is C[C@H]1Sc2nc(-c3ccccc3)cn2N=C1c1c[nH]c2ccccc12. The lowest BCUT2D eigenvalue weighted by atomic mass is 10.1. The third-order valence-electron chi connectivity index (χ3n) is 4.47. The summed E-state index contributed by atoms with van der Waals surface area (Å²) in [5.74, 6) is 0. The molecule has 122 valence electrons. The number of H-pyrrole nitrogens is 1. The number of nitrogens with one attached hydrogen (secondary N) is 1. The average Bonchev–Trinajstić information content (AvgIpc) is 3.25. The van der Waals surface area contributed by atoms with E-state index in [0.29, 0.717) is 0 Å². The molecule has 1 aliphatic rings. The molecule has 5 rings (SSSR count). The van der Waals surface area contributed by atoms with Gasteiger partial charge in [0.2, 0.25) is 0 Å². The van der Waals surface area contributed by atoms with E-state index in [9.17, 15) is 0 Å². The maximum atomic E-state index is 4.90. The highest BCUT2D eigenvalue weighted by molar-refractivity contribution is 8.00. The van der Waals surface area contributed by atoms with Gasteiger partial charge in [0.05, 0.1) is 22.9 Å². The minimum Gasteiger partial charge on any atom is -0.360 e. The highest BCUT2D eigenvalue weighted by Gasteiger charge is 2.25. The quantitative estimate of drug-likeness (QED) is 0.569. The van der Waals surface area contributed by atoms with Crippen molar-refractivity contribution in [1.82, 2.24) is 14.6 Å². The van der Waals surface area contributed by atoms with Gasteiger partial charge in [0, 0.05) is 28.2 Å². The molecule has 1 N–H and O–H groups in total. The van der Waals surface area contributed by atoms with Crippen molar-refractivity contribution < 1.29 is 0 Å². The van der Waals surface area contributed by atoms with Crippen LogP contribution in [0.25, 0.3) is 22.2 Å². The molecule has 0 fully saturated rings. The topological polar surface area (TPSA) is 46.0 Å². The fourth-order valence-corrected chi connectivity index (χ4v) is 4.18. The fraction of sp³-hybridized carbons (Fsp3) is 0.100. The van der Waals surface area contributed by atoms with Crippen LogP contribution in [0.3, 0.4) is 0 Å². The molecule has 4 nitrogen and oxygen atoms in total. The third-order valence-corrected chi connectivity index (χ3v) is 5.54. The van der Waals surface area contributed by atoms with E-state index in [1.54, 1.807) is 11.8 Å². The molecule has 0 saturated heterocycles. The molecule has 0 amide bonds. The zero-order valence-corrected chi connectivity index (χ0v) is 14.5. The predicted octanol–water partition coefficient (Wildman–Crippen LogP) is 4.78. The minimum atomic E-state index is 0.248. The zero-order chi connectivity index (χ0) is 16.8. The van der Waals surface area contributed by atoms with E-state index < -0.39 is 0 Å². The number of nitrogens with zero attached hydrogens (tertiary/aromatic N) is 3. The molecular weight excluding hydrogens is 328 g/mol. The largest absolute Gasteiger partial charge is 0.360 e. The molecular formula is C20H16N4S. The van der Waals surface area contributed by atoms with Crippen LogP contribution in [0.4, 0.5) is 0 Å². The Morgan fingerprint density at radius 1 is 1.04 bits per heavy atom. The van der Waals surface area contributed by atoms with Gasteiger partial charge in [0.25, 0.3) is 0 Å². The van der Waals surface area contributed by atoms with Crippen LogP contribution in [-0.2, 0) is 0 Å². The van der Waals surface area contributed by atoms with Gasteiger partial charge in [-0.2, -0.15) is 5.10 Å². The van der Waals surface area contributed by atoms with E-state index in [4.69, 9.17) is 10.1 Å². The number of rotatable bonds is 2. The Morgan fingerprint density at radius 2 is 1.84 bits per heavy atom. The number of thioether (sulfide) groups is 1. The monoisotopic (exact) mass is 344 g/mol. The van der Waals surface area contributed by atoms with E-state index >= 15 is 0 Å². The molecule has 2 aromatic carbocycles. The molecule has 0 radical (unpaired) electrons. The number of hydrogen-bond acceptors (Lipinski definition) is 3. The Bertz CT molecular complexity index is 1090. The summed E-state index contributed by atoms with van der Waals surface area (Å²) in [6.07, 6.45) is 4.07. The minimum absolute atomic E-state index is 0.248. The first-order valence-corrected chi connectivity index (χ1v) is 9.14. The van der Waals surface area contributed by atoms with Gasteiger partial charge in [-0.15, -0.1) is 0 Å². The third kappa shape index (κ3) is 2.39. The van der Waals surface area contributed by atoms with Crippen molar-refractivity contribution >= 4 is 28.4 Å². The van der Waals surface area contributed by atoms with E-state index in [1.807, 2.05) is 35.1 Å². The van der Waals surface area contributed by atoms with Gasteiger partial charge in [-0.3, -0.25) is 0 Å². The highest BCUT2D eigenvalue weighted by Crippen LogP contribution is 2.34. The smallest absolute Gasteiger partial charge is 0.190 e. The second kappa shape index (κ2) is 5.63. The lowest BCUT2D eigenvalue weighted by molar-refractivity contribution is 0.749. The number of aromatic nitrogens is 3. The highest BCUT2D eigenvalue weighted by atomic mass is 32.2. The molecule has 0 bridgehead atoms. The fourth-order valence-electron chi connectivity index (χ4n) is 3.22. The van der Waals surface area contributed by atoms with Crippen LogP contribution < -0.4 is 0 Å². The molecule has 4 aromatic rings. The molecule has 0 spiro atoms.